The van der Waals surface area contributed by atoms with Crippen molar-refractivity contribution in [1.82, 2.24) is 10.3 Å². The van der Waals surface area contributed by atoms with Gasteiger partial charge in [-0.25, -0.2) is 0 Å². The molecule has 1 unspecified atom stereocenters. The summed E-state index contributed by atoms with van der Waals surface area (Å²) in [4.78, 5) is 4.32. The Bertz CT molecular complexity index is 379. The average molecular weight is 225 g/mol. The lowest BCUT2D eigenvalue weighted by Crippen LogP contribution is -2.29. The fourth-order valence-corrected chi connectivity index (χ4v) is 1.90. The summed E-state index contributed by atoms with van der Waals surface area (Å²) in [5.74, 6) is 0.788. The van der Waals surface area contributed by atoms with Crippen molar-refractivity contribution in [2.24, 2.45) is 0 Å². The molecule has 1 aliphatic rings. The molecule has 2 heterocycles. The van der Waals surface area contributed by atoms with Gasteiger partial charge in [0.2, 0.25) is 0 Å². The van der Waals surface area contributed by atoms with Gasteiger partial charge in [0.25, 0.3) is 0 Å². The minimum Gasteiger partial charge on any atom is -0.494 e. The van der Waals surface area contributed by atoms with Gasteiger partial charge in [-0.2, -0.15) is 0 Å². The van der Waals surface area contributed by atoms with Crippen LogP contribution < -0.4 is 10.1 Å². The van der Waals surface area contributed by atoms with Crippen LogP contribution in [0.4, 0.5) is 0 Å². The van der Waals surface area contributed by atoms with Crippen molar-refractivity contribution in [2.75, 3.05) is 20.2 Å². The minimum atomic E-state index is 0.0282. The maximum atomic E-state index is 6.05. The maximum Gasteiger partial charge on any atom is 0.144 e. The highest BCUT2D eigenvalue weighted by atomic mass is 35.5. The standard InChI is InChI=1S/C11H13ClN2O/c1-15-10-3-2-4-14-11(10)8-5-9(12)7-13-6-8/h2-5,9,13H,6-7H2,1H3. The molecule has 0 aliphatic carbocycles. The number of hydrogen-bond donors (Lipinski definition) is 1. The number of aromatic nitrogens is 1. The Labute approximate surface area is 94.1 Å². The van der Waals surface area contributed by atoms with Crippen molar-refractivity contribution in [3.63, 3.8) is 0 Å². The van der Waals surface area contributed by atoms with Crippen LogP contribution >= 0.6 is 11.6 Å². The highest BCUT2D eigenvalue weighted by Gasteiger charge is 2.15. The lowest BCUT2D eigenvalue weighted by atomic mass is 10.1. The number of rotatable bonds is 2. The third kappa shape index (κ3) is 2.30. The van der Waals surface area contributed by atoms with Gasteiger partial charge in [-0.3, -0.25) is 4.98 Å². The monoisotopic (exact) mass is 224 g/mol. The van der Waals surface area contributed by atoms with Crippen LogP contribution in [0.25, 0.3) is 5.57 Å². The summed E-state index contributed by atoms with van der Waals surface area (Å²) >= 11 is 6.05. The number of methoxy groups -OCH3 is 1. The van der Waals surface area contributed by atoms with Gasteiger partial charge < -0.3 is 10.1 Å². The summed E-state index contributed by atoms with van der Waals surface area (Å²) in [6.45, 7) is 1.59. The summed E-state index contributed by atoms with van der Waals surface area (Å²) in [7, 11) is 1.65. The SMILES string of the molecule is COc1cccnc1C1=CC(Cl)CNC1. The first kappa shape index (κ1) is 10.5. The van der Waals surface area contributed by atoms with E-state index >= 15 is 0 Å². The van der Waals surface area contributed by atoms with E-state index in [1.807, 2.05) is 18.2 Å². The van der Waals surface area contributed by atoms with Crippen LogP contribution in [0.15, 0.2) is 24.4 Å². The maximum absolute atomic E-state index is 6.05. The summed E-state index contributed by atoms with van der Waals surface area (Å²) in [6, 6.07) is 3.76. The number of nitrogens with zero attached hydrogens (tertiary/aromatic N) is 1. The normalized spacial score (nSPS) is 20.9. The first-order chi connectivity index (χ1) is 7.31. The Hall–Kier alpha value is -1.06. The molecule has 1 atom stereocenters. The molecule has 1 aromatic heterocycles. The molecule has 0 spiro atoms. The van der Waals surface area contributed by atoms with Crippen molar-refractivity contribution in [3.8, 4) is 5.75 Å². The second-order valence-electron chi connectivity index (χ2n) is 3.39. The topological polar surface area (TPSA) is 34.1 Å². The molecule has 0 radical (unpaired) electrons. The van der Waals surface area contributed by atoms with Gasteiger partial charge in [-0.15, -0.1) is 11.6 Å². The molecule has 80 valence electrons. The van der Waals surface area contributed by atoms with Crippen molar-refractivity contribution in [3.05, 3.63) is 30.1 Å². The summed E-state index contributed by atoms with van der Waals surface area (Å²) in [6.07, 6.45) is 3.79. The summed E-state index contributed by atoms with van der Waals surface area (Å²) in [5, 5.41) is 3.27. The van der Waals surface area contributed by atoms with Gasteiger partial charge in [0.1, 0.15) is 11.4 Å². The molecule has 15 heavy (non-hydrogen) atoms. The first-order valence-electron chi connectivity index (χ1n) is 4.86. The number of halogens is 1. The zero-order valence-electron chi connectivity index (χ0n) is 8.53. The highest BCUT2D eigenvalue weighted by Crippen LogP contribution is 2.25. The Morgan fingerprint density at radius 1 is 1.60 bits per heavy atom. The molecular weight excluding hydrogens is 212 g/mol. The molecular formula is C11H13ClN2O. The summed E-state index contributed by atoms with van der Waals surface area (Å²) in [5.41, 5.74) is 1.97. The van der Waals surface area contributed by atoms with Crippen LogP contribution in [0.5, 0.6) is 5.75 Å². The van der Waals surface area contributed by atoms with Gasteiger partial charge in [0.15, 0.2) is 0 Å². The van der Waals surface area contributed by atoms with Crippen LogP contribution in [-0.2, 0) is 0 Å². The minimum absolute atomic E-state index is 0.0282. The lowest BCUT2D eigenvalue weighted by molar-refractivity contribution is 0.411. The molecule has 0 amide bonds. The fourth-order valence-electron chi connectivity index (χ4n) is 1.64. The van der Waals surface area contributed by atoms with Gasteiger partial charge in [0.05, 0.1) is 12.5 Å². The third-order valence-corrected chi connectivity index (χ3v) is 2.61. The van der Waals surface area contributed by atoms with Crippen LogP contribution in [-0.4, -0.2) is 30.6 Å². The van der Waals surface area contributed by atoms with Crippen molar-refractivity contribution < 1.29 is 4.74 Å². The molecule has 1 aromatic rings. The first-order valence-corrected chi connectivity index (χ1v) is 5.30. The number of hydrogen-bond acceptors (Lipinski definition) is 3. The van der Waals surface area contributed by atoms with E-state index in [-0.39, 0.29) is 5.38 Å². The van der Waals surface area contributed by atoms with E-state index in [9.17, 15) is 0 Å². The second kappa shape index (κ2) is 4.64. The predicted octanol–water partition coefficient (Wildman–Crippen LogP) is 1.68. The Balaban J connectivity index is 2.36. The highest BCUT2D eigenvalue weighted by molar-refractivity contribution is 6.22. The van der Waals surface area contributed by atoms with E-state index in [0.29, 0.717) is 0 Å². The van der Waals surface area contributed by atoms with E-state index in [1.54, 1.807) is 13.3 Å². The Morgan fingerprint density at radius 3 is 3.20 bits per heavy atom. The van der Waals surface area contributed by atoms with Crippen molar-refractivity contribution in [1.29, 1.82) is 0 Å². The van der Waals surface area contributed by atoms with Gasteiger partial charge in [0, 0.05) is 19.3 Å². The van der Waals surface area contributed by atoms with E-state index in [4.69, 9.17) is 16.3 Å². The third-order valence-electron chi connectivity index (χ3n) is 2.33. The van der Waals surface area contributed by atoms with E-state index < -0.39 is 0 Å². The molecule has 2 rings (SSSR count). The number of pyridine rings is 1. The molecule has 3 nitrogen and oxygen atoms in total. The van der Waals surface area contributed by atoms with E-state index in [2.05, 4.69) is 10.3 Å². The van der Waals surface area contributed by atoms with Crippen molar-refractivity contribution in [2.45, 2.75) is 5.38 Å². The molecule has 0 aromatic carbocycles. The Kier molecular flexibility index (Phi) is 3.23. The lowest BCUT2D eigenvalue weighted by Gasteiger charge is -2.18. The molecule has 4 heteroatoms. The summed E-state index contributed by atoms with van der Waals surface area (Å²) < 4.78 is 5.26. The van der Waals surface area contributed by atoms with Gasteiger partial charge >= 0.3 is 0 Å². The van der Waals surface area contributed by atoms with Crippen molar-refractivity contribution >= 4 is 17.2 Å². The average Bonchev–Trinajstić information content (AvgIpc) is 2.29. The fraction of sp³-hybridized carbons (Fsp3) is 0.364. The van der Waals surface area contributed by atoms with E-state index in [1.165, 1.54) is 0 Å². The molecule has 0 saturated heterocycles. The molecule has 0 bridgehead atoms. The van der Waals surface area contributed by atoms with Gasteiger partial charge in [-0.1, -0.05) is 6.08 Å². The molecule has 1 N–H and O–H groups in total. The quantitative estimate of drug-likeness (QED) is 0.777. The van der Waals surface area contributed by atoms with Crippen LogP contribution in [0.2, 0.25) is 0 Å². The number of alkyl halides is 1. The molecule has 1 aliphatic heterocycles. The van der Waals surface area contributed by atoms with Crippen LogP contribution in [0, 0.1) is 0 Å². The largest absolute Gasteiger partial charge is 0.494 e. The van der Waals surface area contributed by atoms with Gasteiger partial charge in [-0.05, 0) is 17.7 Å². The molecule has 0 fully saturated rings. The van der Waals surface area contributed by atoms with E-state index in [0.717, 1.165) is 30.1 Å². The van der Waals surface area contributed by atoms with Crippen LogP contribution in [0.1, 0.15) is 5.69 Å². The second-order valence-corrected chi connectivity index (χ2v) is 3.95. The number of ether oxygens (including phenoxy) is 1. The zero-order chi connectivity index (χ0) is 10.7. The number of nitrogens with one attached hydrogen (secondary N) is 1. The molecule has 0 saturated carbocycles. The zero-order valence-corrected chi connectivity index (χ0v) is 9.29. The van der Waals surface area contributed by atoms with Crippen LogP contribution in [0.3, 0.4) is 0 Å². The predicted molar refractivity (Wildman–Crippen MR) is 61.3 cm³/mol. The smallest absolute Gasteiger partial charge is 0.144 e. The Morgan fingerprint density at radius 2 is 2.47 bits per heavy atom.